The Morgan fingerprint density at radius 3 is 2.38 bits per heavy atom. The van der Waals surface area contributed by atoms with Gasteiger partial charge in [-0.1, -0.05) is 23.8 Å². The van der Waals surface area contributed by atoms with E-state index in [9.17, 15) is 4.79 Å². The molecule has 2 atom stereocenters. The van der Waals surface area contributed by atoms with Crippen LogP contribution in [0.2, 0.25) is 0 Å². The highest BCUT2D eigenvalue weighted by atomic mass is 16.5. The van der Waals surface area contributed by atoms with Gasteiger partial charge in [0.15, 0.2) is 11.5 Å². The molecule has 0 saturated carbocycles. The van der Waals surface area contributed by atoms with Gasteiger partial charge in [0, 0.05) is 17.9 Å². The largest absolute Gasteiger partial charge is 0.493 e. The van der Waals surface area contributed by atoms with Gasteiger partial charge in [0.1, 0.15) is 5.76 Å². The van der Waals surface area contributed by atoms with E-state index in [0.717, 1.165) is 53.3 Å². The van der Waals surface area contributed by atoms with E-state index in [4.69, 9.17) is 14.2 Å². The third-order valence-corrected chi connectivity index (χ3v) is 7.23. The average Bonchev–Trinajstić information content (AvgIpc) is 3.09. The van der Waals surface area contributed by atoms with E-state index in [1.54, 1.807) is 14.2 Å². The molecule has 0 radical (unpaired) electrons. The summed E-state index contributed by atoms with van der Waals surface area (Å²) in [6, 6.07) is 10.6. The Hall–Kier alpha value is -2.79. The van der Waals surface area contributed by atoms with Crippen molar-refractivity contribution in [2.75, 3.05) is 27.8 Å². The zero-order valence-corrected chi connectivity index (χ0v) is 20.0. The average molecular weight is 436 g/mol. The summed E-state index contributed by atoms with van der Waals surface area (Å²) in [4.78, 5) is 15.4. The minimum Gasteiger partial charge on any atom is -0.493 e. The fourth-order valence-corrected chi connectivity index (χ4v) is 5.64. The van der Waals surface area contributed by atoms with Crippen molar-refractivity contribution >= 4 is 5.97 Å². The van der Waals surface area contributed by atoms with Crippen LogP contribution in [-0.4, -0.2) is 44.7 Å². The van der Waals surface area contributed by atoms with Gasteiger partial charge in [-0.25, -0.2) is 4.79 Å². The maximum Gasteiger partial charge on any atom is 0.343 e. The lowest BCUT2D eigenvalue weighted by Gasteiger charge is -2.40. The summed E-state index contributed by atoms with van der Waals surface area (Å²) in [5, 5.41) is 0. The van der Waals surface area contributed by atoms with E-state index < -0.39 is 0 Å². The second-order valence-electron chi connectivity index (χ2n) is 9.21. The third-order valence-electron chi connectivity index (χ3n) is 7.23. The molecule has 2 aliphatic rings. The summed E-state index contributed by atoms with van der Waals surface area (Å²) in [5.41, 5.74) is 4.97. The first-order valence-electron chi connectivity index (χ1n) is 11.2. The van der Waals surface area contributed by atoms with Gasteiger partial charge in [-0.2, -0.15) is 0 Å². The summed E-state index contributed by atoms with van der Waals surface area (Å²) < 4.78 is 17.0. The number of carbonyl (C=O) groups excluding carboxylic acids is 1. The van der Waals surface area contributed by atoms with Crippen molar-refractivity contribution in [3.05, 3.63) is 70.0 Å². The molecule has 0 N–H and O–H groups in total. The van der Waals surface area contributed by atoms with Gasteiger partial charge >= 0.3 is 5.97 Å². The van der Waals surface area contributed by atoms with Crippen molar-refractivity contribution < 1.29 is 19.0 Å². The van der Waals surface area contributed by atoms with E-state index in [1.165, 1.54) is 5.56 Å². The lowest BCUT2D eigenvalue weighted by Crippen LogP contribution is -2.43. The quantitative estimate of drug-likeness (QED) is 0.611. The number of hydrogen-bond acceptors (Lipinski definition) is 5. The van der Waals surface area contributed by atoms with Crippen molar-refractivity contribution in [2.45, 2.75) is 51.5 Å². The number of hydrogen-bond donors (Lipinski definition) is 0. The standard InChI is InChI=1S/C27H33NO4/c1-17-13-18(2)25(19(3)14-17)26(29)32-21-9-10-27(11-12-28(4)24(27)16-21)20-7-8-22(30-5)23(15-20)31-6/h7-9,13-15,24H,10-12,16H2,1-6H3. The first-order valence-corrected chi connectivity index (χ1v) is 11.2. The Morgan fingerprint density at radius 2 is 1.72 bits per heavy atom. The van der Waals surface area contributed by atoms with E-state index >= 15 is 0 Å². The number of aryl methyl sites for hydroxylation is 3. The van der Waals surface area contributed by atoms with Gasteiger partial charge in [0.05, 0.1) is 19.8 Å². The molecular weight excluding hydrogens is 402 g/mol. The highest BCUT2D eigenvalue weighted by Gasteiger charge is 2.49. The molecule has 2 unspecified atom stereocenters. The number of likely N-dealkylation sites (tertiary alicyclic amines) is 1. The van der Waals surface area contributed by atoms with Crippen molar-refractivity contribution in [3.63, 3.8) is 0 Å². The summed E-state index contributed by atoms with van der Waals surface area (Å²) in [6.45, 7) is 6.99. The van der Waals surface area contributed by atoms with Crippen LogP contribution in [0.25, 0.3) is 0 Å². The van der Waals surface area contributed by atoms with Gasteiger partial charge in [-0.15, -0.1) is 0 Å². The zero-order valence-electron chi connectivity index (χ0n) is 20.0. The number of allylic oxidation sites excluding steroid dienone is 1. The molecule has 2 aromatic carbocycles. The Balaban J connectivity index is 1.62. The van der Waals surface area contributed by atoms with Crippen LogP contribution in [0.1, 0.15) is 51.9 Å². The monoisotopic (exact) mass is 435 g/mol. The molecule has 32 heavy (non-hydrogen) atoms. The van der Waals surface area contributed by atoms with Gasteiger partial charge in [0.25, 0.3) is 0 Å². The number of carbonyl (C=O) groups is 1. The molecule has 1 aliphatic carbocycles. The van der Waals surface area contributed by atoms with E-state index in [0.29, 0.717) is 12.0 Å². The second kappa shape index (κ2) is 8.62. The fourth-order valence-electron chi connectivity index (χ4n) is 5.64. The minimum atomic E-state index is -0.259. The van der Waals surface area contributed by atoms with Crippen LogP contribution in [0.15, 0.2) is 42.2 Å². The summed E-state index contributed by atoms with van der Waals surface area (Å²) in [6.07, 6.45) is 4.70. The van der Waals surface area contributed by atoms with Crippen molar-refractivity contribution in [2.24, 2.45) is 0 Å². The number of methoxy groups -OCH3 is 2. The molecule has 170 valence electrons. The fraction of sp³-hybridized carbons (Fsp3) is 0.444. The smallest absolute Gasteiger partial charge is 0.343 e. The highest BCUT2D eigenvalue weighted by Crippen LogP contribution is 2.49. The van der Waals surface area contributed by atoms with E-state index in [2.05, 4.69) is 30.2 Å². The van der Waals surface area contributed by atoms with Gasteiger partial charge in [-0.05, 0) is 82.1 Å². The molecule has 5 nitrogen and oxygen atoms in total. The molecule has 4 rings (SSSR count). The molecule has 5 heteroatoms. The Morgan fingerprint density at radius 1 is 1.03 bits per heavy atom. The number of fused-ring (bicyclic) bond motifs is 1. The molecule has 1 fully saturated rings. The lowest BCUT2D eigenvalue weighted by molar-refractivity contribution is 0.0578. The molecule has 0 aromatic heterocycles. The number of rotatable bonds is 5. The van der Waals surface area contributed by atoms with Crippen LogP contribution < -0.4 is 9.47 Å². The maximum absolute atomic E-state index is 13.0. The molecule has 2 aromatic rings. The Kier molecular flexibility index (Phi) is 6.04. The maximum atomic E-state index is 13.0. The molecule has 0 bridgehead atoms. The second-order valence-corrected chi connectivity index (χ2v) is 9.21. The predicted molar refractivity (Wildman–Crippen MR) is 126 cm³/mol. The summed E-state index contributed by atoms with van der Waals surface area (Å²) in [7, 11) is 5.49. The van der Waals surface area contributed by atoms with Crippen LogP contribution in [0.4, 0.5) is 0 Å². The first kappa shape index (κ1) is 22.4. The Labute approximate surface area is 191 Å². The number of nitrogens with zero attached hydrogens (tertiary/aromatic N) is 1. The first-order chi connectivity index (χ1) is 15.3. The molecule has 1 aliphatic heterocycles. The van der Waals surface area contributed by atoms with Crippen molar-refractivity contribution in [1.29, 1.82) is 0 Å². The van der Waals surface area contributed by atoms with Gasteiger partial charge in [-0.3, -0.25) is 0 Å². The van der Waals surface area contributed by atoms with E-state index in [-0.39, 0.29) is 17.4 Å². The van der Waals surface area contributed by atoms with Crippen LogP contribution in [0.3, 0.4) is 0 Å². The summed E-state index contributed by atoms with van der Waals surface area (Å²) >= 11 is 0. The highest BCUT2D eigenvalue weighted by molar-refractivity contribution is 5.93. The number of likely N-dealkylation sites (N-methyl/N-ethyl adjacent to an activating group) is 1. The van der Waals surface area contributed by atoms with Crippen LogP contribution in [-0.2, 0) is 10.2 Å². The van der Waals surface area contributed by atoms with Crippen LogP contribution in [0, 0.1) is 20.8 Å². The summed E-state index contributed by atoms with van der Waals surface area (Å²) in [5.74, 6) is 1.99. The number of benzene rings is 2. The minimum absolute atomic E-state index is 0.0279. The van der Waals surface area contributed by atoms with Crippen LogP contribution in [0.5, 0.6) is 11.5 Å². The molecule has 0 spiro atoms. The normalized spacial score (nSPS) is 22.8. The zero-order chi connectivity index (χ0) is 23.0. The van der Waals surface area contributed by atoms with Crippen molar-refractivity contribution in [1.82, 2.24) is 4.90 Å². The molecule has 0 amide bonds. The number of ether oxygens (including phenoxy) is 3. The number of esters is 1. The predicted octanol–water partition coefficient (Wildman–Crippen LogP) is 5.11. The molecule has 1 saturated heterocycles. The molecule has 1 heterocycles. The van der Waals surface area contributed by atoms with Gasteiger partial charge in [0.2, 0.25) is 0 Å². The lowest BCUT2D eigenvalue weighted by atomic mass is 9.68. The van der Waals surface area contributed by atoms with Gasteiger partial charge < -0.3 is 19.1 Å². The SMILES string of the molecule is COc1ccc(C23CC=C(OC(=O)c4c(C)cc(C)cc4C)CC2N(C)CC3)cc1OC. The van der Waals surface area contributed by atoms with Crippen LogP contribution >= 0.6 is 0 Å². The topological polar surface area (TPSA) is 48.0 Å². The Bertz CT molecular complexity index is 1050. The molecular formula is C27H33NO4. The van der Waals surface area contributed by atoms with E-state index in [1.807, 2.05) is 39.0 Å². The third kappa shape index (κ3) is 3.79. The van der Waals surface area contributed by atoms with Crippen molar-refractivity contribution in [3.8, 4) is 11.5 Å².